The molecule has 0 fully saturated rings. The van der Waals surface area contributed by atoms with Gasteiger partial charge in [-0.3, -0.25) is 4.68 Å². The number of nitrogens with two attached hydrogens (primary N) is 1. The Morgan fingerprint density at radius 2 is 2.00 bits per heavy atom. The highest BCUT2D eigenvalue weighted by Gasteiger charge is 2.13. The molecule has 2 rings (SSSR count). The lowest BCUT2D eigenvalue weighted by molar-refractivity contribution is 0.688. The van der Waals surface area contributed by atoms with Crippen LogP contribution < -0.4 is 5.73 Å². The molecule has 1 aromatic carbocycles. The minimum atomic E-state index is 0.536. The smallest absolute Gasteiger partial charge is 0.103 e. The first-order valence-corrected chi connectivity index (χ1v) is 6.41. The Bertz CT molecular complexity index is 531. The van der Waals surface area contributed by atoms with Gasteiger partial charge in [0.05, 0.1) is 5.69 Å². The molecule has 0 saturated carbocycles. The van der Waals surface area contributed by atoms with E-state index in [-0.39, 0.29) is 0 Å². The molecule has 1 heterocycles. The van der Waals surface area contributed by atoms with Crippen molar-refractivity contribution in [2.45, 2.75) is 30.3 Å². The van der Waals surface area contributed by atoms with Gasteiger partial charge >= 0.3 is 0 Å². The van der Waals surface area contributed by atoms with Gasteiger partial charge in [0.15, 0.2) is 0 Å². The number of nitrogens with zero attached hydrogens (tertiary/aromatic N) is 2. The van der Waals surface area contributed by atoms with E-state index >= 15 is 0 Å². The largest absolute Gasteiger partial charge is 0.326 e. The lowest BCUT2D eigenvalue weighted by atomic mass is 10.2. The second kappa shape index (κ2) is 4.94. The van der Waals surface area contributed by atoms with Crippen LogP contribution in [0.3, 0.4) is 0 Å². The summed E-state index contributed by atoms with van der Waals surface area (Å²) < 4.78 is 1.91. The first-order valence-electron chi connectivity index (χ1n) is 5.59. The lowest BCUT2D eigenvalue weighted by Crippen LogP contribution is -1.99. The molecule has 0 aliphatic rings. The summed E-state index contributed by atoms with van der Waals surface area (Å²) in [5.74, 6) is 0. The molecule has 17 heavy (non-hydrogen) atoms. The van der Waals surface area contributed by atoms with Crippen LogP contribution in [-0.2, 0) is 13.6 Å². The number of aryl methyl sites for hydroxylation is 3. The van der Waals surface area contributed by atoms with Crippen LogP contribution in [0.25, 0.3) is 0 Å². The maximum atomic E-state index is 5.79. The molecule has 3 nitrogen and oxygen atoms in total. The van der Waals surface area contributed by atoms with E-state index in [9.17, 15) is 0 Å². The molecule has 0 bridgehead atoms. The average Bonchev–Trinajstić information content (AvgIpc) is 2.56. The van der Waals surface area contributed by atoms with Crippen molar-refractivity contribution in [2.24, 2.45) is 12.8 Å². The Balaban J connectivity index is 2.40. The molecule has 0 aliphatic carbocycles. The van der Waals surface area contributed by atoms with Crippen molar-refractivity contribution in [1.82, 2.24) is 9.78 Å². The minimum absolute atomic E-state index is 0.536. The fourth-order valence-corrected chi connectivity index (χ4v) is 2.93. The predicted octanol–water partition coefficient (Wildman–Crippen LogP) is 2.65. The summed E-state index contributed by atoms with van der Waals surface area (Å²) in [7, 11) is 1.97. The van der Waals surface area contributed by atoms with Crippen molar-refractivity contribution in [3.8, 4) is 0 Å². The third-order valence-electron chi connectivity index (χ3n) is 2.79. The van der Waals surface area contributed by atoms with Gasteiger partial charge in [-0.1, -0.05) is 30.0 Å². The second-order valence-electron chi connectivity index (χ2n) is 4.06. The van der Waals surface area contributed by atoms with Crippen molar-refractivity contribution in [3.05, 3.63) is 41.1 Å². The molecular formula is C13H17N3S. The van der Waals surface area contributed by atoms with Crippen molar-refractivity contribution in [2.75, 3.05) is 0 Å². The Kier molecular flexibility index (Phi) is 3.54. The third-order valence-corrected chi connectivity index (χ3v) is 4.18. The van der Waals surface area contributed by atoms with Crippen molar-refractivity contribution in [1.29, 1.82) is 0 Å². The number of hydrogen-bond donors (Lipinski definition) is 1. The Morgan fingerprint density at radius 1 is 1.29 bits per heavy atom. The zero-order valence-corrected chi connectivity index (χ0v) is 11.2. The van der Waals surface area contributed by atoms with Gasteiger partial charge < -0.3 is 5.73 Å². The van der Waals surface area contributed by atoms with Gasteiger partial charge in [-0.2, -0.15) is 5.10 Å². The van der Waals surface area contributed by atoms with Crippen LogP contribution in [-0.4, -0.2) is 9.78 Å². The van der Waals surface area contributed by atoms with Gasteiger partial charge in [0.2, 0.25) is 0 Å². The minimum Gasteiger partial charge on any atom is -0.326 e. The van der Waals surface area contributed by atoms with E-state index in [1.807, 2.05) is 18.7 Å². The average molecular weight is 247 g/mol. The van der Waals surface area contributed by atoms with Gasteiger partial charge in [-0.25, -0.2) is 0 Å². The Labute approximate surface area is 106 Å². The molecule has 0 radical (unpaired) electrons. The van der Waals surface area contributed by atoms with Gasteiger partial charge in [-0.05, 0) is 25.5 Å². The molecule has 2 N–H and O–H groups in total. The van der Waals surface area contributed by atoms with Crippen LogP contribution in [0.2, 0.25) is 0 Å². The van der Waals surface area contributed by atoms with Crippen LogP contribution in [0.1, 0.15) is 16.8 Å². The predicted molar refractivity (Wildman–Crippen MR) is 71.1 cm³/mol. The molecule has 0 spiro atoms. The number of rotatable bonds is 3. The van der Waals surface area contributed by atoms with Crippen LogP contribution in [0, 0.1) is 13.8 Å². The maximum Gasteiger partial charge on any atom is 0.103 e. The first-order chi connectivity index (χ1) is 8.13. The van der Waals surface area contributed by atoms with Crippen LogP contribution in [0.15, 0.2) is 34.2 Å². The Hall–Kier alpha value is -1.26. The van der Waals surface area contributed by atoms with E-state index in [1.165, 1.54) is 10.5 Å². The fraction of sp³-hybridized carbons (Fsp3) is 0.308. The summed E-state index contributed by atoms with van der Waals surface area (Å²) in [5.41, 5.74) is 9.23. The topological polar surface area (TPSA) is 43.8 Å². The molecule has 1 aromatic heterocycles. The molecule has 90 valence electrons. The van der Waals surface area contributed by atoms with E-state index in [1.54, 1.807) is 11.8 Å². The fourth-order valence-electron chi connectivity index (χ4n) is 1.82. The molecule has 0 unspecified atom stereocenters. The first kappa shape index (κ1) is 12.2. The Morgan fingerprint density at radius 3 is 2.65 bits per heavy atom. The van der Waals surface area contributed by atoms with Crippen LogP contribution in [0.4, 0.5) is 0 Å². The maximum absolute atomic E-state index is 5.79. The summed E-state index contributed by atoms with van der Waals surface area (Å²) in [5, 5.41) is 5.56. The molecule has 0 aliphatic heterocycles. The monoisotopic (exact) mass is 247 g/mol. The molecule has 0 atom stereocenters. The van der Waals surface area contributed by atoms with E-state index in [0.29, 0.717) is 6.54 Å². The molecule has 2 aromatic rings. The van der Waals surface area contributed by atoms with Gasteiger partial charge in [0.1, 0.15) is 5.03 Å². The number of benzene rings is 1. The van der Waals surface area contributed by atoms with E-state index in [2.05, 4.69) is 36.3 Å². The second-order valence-corrected chi connectivity index (χ2v) is 5.10. The number of aromatic nitrogens is 2. The SMILES string of the molecule is Cc1ccccc1Sc1c(CN)c(C)nn1C. The van der Waals surface area contributed by atoms with Crippen molar-refractivity contribution < 1.29 is 0 Å². The van der Waals surface area contributed by atoms with Gasteiger partial charge in [0, 0.05) is 24.1 Å². The van der Waals surface area contributed by atoms with E-state index < -0.39 is 0 Å². The lowest BCUT2D eigenvalue weighted by Gasteiger charge is -2.07. The van der Waals surface area contributed by atoms with E-state index in [0.717, 1.165) is 16.3 Å². The summed E-state index contributed by atoms with van der Waals surface area (Å²) >= 11 is 1.73. The molecule has 4 heteroatoms. The molecule has 0 saturated heterocycles. The zero-order valence-electron chi connectivity index (χ0n) is 10.4. The van der Waals surface area contributed by atoms with Crippen molar-refractivity contribution >= 4 is 11.8 Å². The third kappa shape index (κ3) is 2.37. The number of hydrogen-bond acceptors (Lipinski definition) is 3. The zero-order chi connectivity index (χ0) is 12.4. The quantitative estimate of drug-likeness (QED) is 0.906. The van der Waals surface area contributed by atoms with Crippen LogP contribution >= 0.6 is 11.8 Å². The van der Waals surface area contributed by atoms with Crippen molar-refractivity contribution in [3.63, 3.8) is 0 Å². The highest BCUT2D eigenvalue weighted by molar-refractivity contribution is 7.99. The molecule has 0 amide bonds. The van der Waals surface area contributed by atoms with E-state index in [4.69, 9.17) is 5.73 Å². The summed E-state index contributed by atoms with van der Waals surface area (Å²) in [4.78, 5) is 1.25. The molecular weight excluding hydrogens is 230 g/mol. The highest BCUT2D eigenvalue weighted by atomic mass is 32.2. The summed E-state index contributed by atoms with van der Waals surface area (Å²) in [6.07, 6.45) is 0. The van der Waals surface area contributed by atoms with Gasteiger partial charge in [-0.15, -0.1) is 0 Å². The normalized spacial score (nSPS) is 10.8. The summed E-state index contributed by atoms with van der Waals surface area (Å²) in [6, 6.07) is 8.36. The highest BCUT2D eigenvalue weighted by Crippen LogP contribution is 2.33. The summed E-state index contributed by atoms with van der Waals surface area (Å²) in [6.45, 7) is 4.66. The van der Waals surface area contributed by atoms with Crippen LogP contribution in [0.5, 0.6) is 0 Å². The van der Waals surface area contributed by atoms with Gasteiger partial charge in [0.25, 0.3) is 0 Å². The standard InChI is InChI=1S/C13H17N3S/c1-9-6-4-5-7-12(9)17-13-11(8-14)10(2)15-16(13)3/h4-7H,8,14H2,1-3H3.